The van der Waals surface area contributed by atoms with Gasteiger partial charge in [-0.2, -0.15) is 5.10 Å². The third-order valence-corrected chi connectivity index (χ3v) is 1.61. The molecule has 0 radical (unpaired) electrons. The largest absolute Gasteiger partial charge is 0.337 e. The van der Waals surface area contributed by atoms with E-state index in [0.717, 1.165) is 12.2 Å². The van der Waals surface area contributed by atoms with Gasteiger partial charge in [-0.05, 0) is 0 Å². The fourth-order valence-corrected chi connectivity index (χ4v) is 0.830. The highest BCUT2D eigenvalue weighted by molar-refractivity contribution is 5.59. The first-order valence-electron chi connectivity index (χ1n) is 3.56. The van der Waals surface area contributed by atoms with E-state index >= 15 is 0 Å². The Bertz CT molecular complexity index is 185. The molecule has 0 bridgehead atoms. The minimum absolute atomic E-state index is 0.872. The summed E-state index contributed by atoms with van der Waals surface area (Å²) in [6.07, 6.45) is 6.77. The topological polar surface area (TPSA) is 18.8 Å². The van der Waals surface area contributed by atoms with Gasteiger partial charge in [0.25, 0.3) is 0 Å². The van der Waals surface area contributed by atoms with E-state index in [1.807, 2.05) is 37.5 Å². The van der Waals surface area contributed by atoms with Crippen molar-refractivity contribution in [3.8, 4) is 0 Å². The van der Waals surface area contributed by atoms with Gasteiger partial charge in [-0.3, -0.25) is 5.01 Å². The molecular formula is C8H13N3. The number of hydrazone groups is 1. The predicted molar refractivity (Wildman–Crippen MR) is 46.9 cm³/mol. The van der Waals surface area contributed by atoms with Crippen LogP contribution >= 0.6 is 0 Å². The summed E-state index contributed by atoms with van der Waals surface area (Å²) in [5.74, 6) is 0.872. The molecule has 0 amide bonds. The van der Waals surface area contributed by atoms with Crippen LogP contribution in [-0.4, -0.2) is 30.2 Å². The molecule has 0 aromatic rings. The molecule has 11 heavy (non-hydrogen) atoms. The van der Waals surface area contributed by atoms with E-state index in [0.29, 0.717) is 0 Å². The summed E-state index contributed by atoms with van der Waals surface area (Å²) in [6.45, 7) is 3.86. The van der Waals surface area contributed by atoms with E-state index < -0.39 is 0 Å². The Labute approximate surface area is 67.3 Å². The molecule has 0 saturated carbocycles. The summed E-state index contributed by atoms with van der Waals surface area (Å²) in [6, 6.07) is 0. The average molecular weight is 151 g/mol. The maximum Gasteiger partial charge on any atom is 0.121 e. The second kappa shape index (κ2) is 3.23. The van der Waals surface area contributed by atoms with Gasteiger partial charge < -0.3 is 4.90 Å². The van der Waals surface area contributed by atoms with Crippen LogP contribution in [0.2, 0.25) is 0 Å². The normalized spacial score (nSPS) is 18.5. The molecule has 0 atom stereocenters. The molecule has 0 aliphatic carbocycles. The maximum absolute atomic E-state index is 4.13. The minimum atomic E-state index is 0.872. The van der Waals surface area contributed by atoms with Crippen LogP contribution in [0.4, 0.5) is 0 Å². The monoisotopic (exact) mass is 151 g/mol. The molecule has 0 aromatic carbocycles. The van der Waals surface area contributed by atoms with Crippen LogP contribution in [-0.2, 0) is 0 Å². The Morgan fingerprint density at radius 1 is 1.55 bits per heavy atom. The second-order valence-corrected chi connectivity index (χ2v) is 2.47. The zero-order valence-corrected chi connectivity index (χ0v) is 6.99. The van der Waals surface area contributed by atoms with E-state index in [4.69, 9.17) is 0 Å². The van der Waals surface area contributed by atoms with Crippen LogP contribution in [0.1, 0.15) is 6.42 Å². The van der Waals surface area contributed by atoms with Crippen molar-refractivity contribution in [2.45, 2.75) is 6.42 Å². The molecule has 0 spiro atoms. The molecule has 1 aliphatic heterocycles. The van der Waals surface area contributed by atoms with Crippen molar-refractivity contribution in [1.29, 1.82) is 0 Å². The van der Waals surface area contributed by atoms with Gasteiger partial charge in [-0.25, -0.2) is 0 Å². The zero-order valence-electron chi connectivity index (χ0n) is 6.99. The Morgan fingerprint density at radius 3 is 3.00 bits per heavy atom. The van der Waals surface area contributed by atoms with Crippen molar-refractivity contribution in [1.82, 2.24) is 9.91 Å². The third kappa shape index (κ3) is 1.83. The molecule has 0 unspecified atom stereocenters. The SMILES string of the molecule is C=C1N(C)C=CCC=NN1C. The highest BCUT2D eigenvalue weighted by atomic mass is 15.5. The predicted octanol–water partition coefficient (Wildman–Crippen LogP) is 1.22. The quantitative estimate of drug-likeness (QED) is 0.518. The maximum atomic E-state index is 4.13. The summed E-state index contributed by atoms with van der Waals surface area (Å²) in [5.41, 5.74) is 0. The van der Waals surface area contributed by atoms with Gasteiger partial charge in [0.2, 0.25) is 0 Å². The summed E-state index contributed by atoms with van der Waals surface area (Å²) in [5, 5.41) is 5.88. The van der Waals surface area contributed by atoms with E-state index in [1.54, 1.807) is 5.01 Å². The van der Waals surface area contributed by atoms with Gasteiger partial charge in [0, 0.05) is 32.9 Å². The van der Waals surface area contributed by atoms with Gasteiger partial charge in [-0.15, -0.1) is 0 Å². The van der Waals surface area contributed by atoms with Crippen LogP contribution < -0.4 is 0 Å². The standard InChI is InChI=1S/C8H13N3/c1-8-10(2)7-5-4-6-9-11(8)3/h5-7H,1,4H2,2-3H3. The first kappa shape index (κ1) is 7.85. The van der Waals surface area contributed by atoms with Gasteiger partial charge in [0.15, 0.2) is 0 Å². The van der Waals surface area contributed by atoms with Crippen molar-refractivity contribution in [3.05, 3.63) is 24.7 Å². The highest BCUT2D eigenvalue weighted by Gasteiger charge is 2.03. The van der Waals surface area contributed by atoms with Gasteiger partial charge >= 0.3 is 0 Å². The molecule has 1 rings (SSSR count). The number of hydrogen-bond acceptors (Lipinski definition) is 3. The second-order valence-electron chi connectivity index (χ2n) is 2.47. The zero-order chi connectivity index (χ0) is 8.27. The van der Waals surface area contributed by atoms with Crippen molar-refractivity contribution in [2.24, 2.45) is 5.10 Å². The number of nitrogens with zero attached hydrogens (tertiary/aromatic N) is 3. The average Bonchev–Trinajstić information content (AvgIpc) is 2.00. The van der Waals surface area contributed by atoms with Crippen LogP contribution in [0.15, 0.2) is 29.8 Å². The Balaban J connectivity index is 2.75. The summed E-state index contributed by atoms with van der Waals surface area (Å²) < 4.78 is 0. The molecule has 0 saturated heterocycles. The molecule has 0 aromatic heterocycles. The summed E-state index contributed by atoms with van der Waals surface area (Å²) in [7, 11) is 3.84. The molecular weight excluding hydrogens is 138 g/mol. The first-order valence-corrected chi connectivity index (χ1v) is 3.56. The van der Waals surface area contributed by atoms with Gasteiger partial charge in [0.05, 0.1) is 0 Å². The number of allylic oxidation sites excluding steroid dienone is 1. The Kier molecular flexibility index (Phi) is 2.31. The van der Waals surface area contributed by atoms with Crippen molar-refractivity contribution >= 4 is 6.21 Å². The van der Waals surface area contributed by atoms with E-state index in [2.05, 4.69) is 11.7 Å². The minimum Gasteiger partial charge on any atom is -0.337 e. The smallest absolute Gasteiger partial charge is 0.121 e. The third-order valence-electron chi connectivity index (χ3n) is 1.61. The molecule has 0 N–H and O–H groups in total. The van der Waals surface area contributed by atoms with Crippen LogP contribution in [0.5, 0.6) is 0 Å². The van der Waals surface area contributed by atoms with Crippen molar-refractivity contribution in [2.75, 3.05) is 14.1 Å². The lowest BCUT2D eigenvalue weighted by Gasteiger charge is -2.24. The first-order chi connectivity index (χ1) is 5.22. The fraction of sp³-hybridized carbons (Fsp3) is 0.375. The molecule has 0 fully saturated rings. The van der Waals surface area contributed by atoms with Crippen LogP contribution in [0.3, 0.4) is 0 Å². The molecule has 1 aliphatic rings. The van der Waals surface area contributed by atoms with E-state index in [-0.39, 0.29) is 0 Å². The number of rotatable bonds is 0. The van der Waals surface area contributed by atoms with Gasteiger partial charge in [0.1, 0.15) is 5.82 Å². The van der Waals surface area contributed by atoms with E-state index in [9.17, 15) is 0 Å². The summed E-state index contributed by atoms with van der Waals surface area (Å²) >= 11 is 0. The van der Waals surface area contributed by atoms with Crippen LogP contribution in [0, 0.1) is 0 Å². The van der Waals surface area contributed by atoms with E-state index in [1.165, 1.54) is 0 Å². The fourth-order valence-electron chi connectivity index (χ4n) is 0.830. The van der Waals surface area contributed by atoms with Gasteiger partial charge in [-0.1, -0.05) is 12.7 Å². The lowest BCUT2D eigenvalue weighted by Crippen LogP contribution is -2.23. The van der Waals surface area contributed by atoms with Crippen molar-refractivity contribution < 1.29 is 0 Å². The summed E-state index contributed by atoms with van der Waals surface area (Å²) in [4.78, 5) is 1.94. The molecule has 60 valence electrons. The number of hydrogen-bond donors (Lipinski definition) is 0. The Hall–Kier alpha value is -1.25. The molecule has 3 heteroatoms. The Morgan fingerprint density at radius 2 is 2.27 bits per heavy atom. The van der Waals surface area contributed by atoms with Crippen molar-refractivity contribution in [3.63, 3.8) is 0 Å². The molecule has 1 heterocycles. The lowest BCUT2D eigenvalue weighted by molar-refractivity contribution is 0.332. The highest BCUT2D eigenvalue weighted by Crippen LogP contribution is 2.06. The van der Waals surface area contributed by atoms with Crippen LogP contribution in [0.25, 0.3) is 0 Å². The molecule has 3 nitrogen and oxygen atoms in total. The lowest BCUT2D eigenvalue weighted by atomic mass is 10.4.